The van der Waals surface area contributed by atoms with E-state index in [1.165, 1.54) is 154 Å². The van der Waals surface area contributed by atoms with Crippen LogP contribution in [0.25, 0.3) is 0 Å². The van der Waals surface area contributed by atoms with E-state index < -0.39 is 6.10 Å². The van der Waals surface area contributed by atoms with E-state index in [1.54, 1.807) is 0 Å². The average Bonchev–Trinajstić information content (AvgIpc) is 3.06. The van der Waals surface area contributed by atoms with Crippen molar-refractivity contribution in [2.45, 2.75) is 225 Å². The molecule has 5 nitrogen and oxygen atoms in total. The van der Waals surface area contributed by atoms with Gasteiger partial charge in [-0.2, -0.15) is 0 Å². The van der Waals surface area contributed by atoms with Gasteiger partial charge >= 0.3 is 11.9 Å². The van der Waals surface area contributed by atoms with Crippen LogP contribution in [-0.2, 0) is 19.1 Å². The molecule has 5 heteroatoms. The standard InChI is InChI=1S/C41H78O5/c1-3-5-7-9-11-13-15-17-19-20-22-23-25-27-29-31-33-35-40(43)45-38-39(37-42)46-41(44)36-34-32-30-28-26-24-21-18-16-14-12-10-8-6-4-2/h18,21,39,42H,3-17,19-20,22-38H2,1-2H3/b21-18-/t39-/m0/s1. The summed E-state index contributed by atoms with van der Waals surface area (Å²) < 4.78 is 10.6. The second-order valence-electron chi connectivity index (χ2n) is 13.7. The van der Waals surface area contributed by atoms with Gasteiger partial charge in [0.25, 0.3) is 0 Å². The number of allylic oxidation sites excluding steroid dienone is 2. The molecule has 0 aliphatic heterocycles. The summed E-state index contributed by atoms with van der Waals surface area (Å²) in [6, 6.07) is 0. The maximum atomic E-state index is 12.2. The summed E-state index contributed by atoms with van der Waals surface area (Å²) in [5, 5.41) is 9.55. The minimum atomic E-state index is -0.768. The number of carbonyl (C=O) groups excluding carboxylic acids is 2. The lowest BCUT2D eigenvalue weighted by atomic mass is 10.0. The van der Waals surface area contributed by atoms with Gasteiger partial charge in [-0.1, -0.05) is 180 Å². The summed E-state index contributed by atoms with van der Waals surface area (Å²) in [6.07, 6.45) is 42.7. The van der Waals surface area contributed by atoms with Gasteiger partial charge in [-0.3, -0.25) is 9.59 Å². The molecule has 46 heavy (non-hydrogen) atoms. The number of aliphatic hydroxyl groups excluding tert-OH is 1. The number of carbonyl (C=O) groups is 2. The molecule has 0 aromatic carbocycles. The number of rotatable bonds is 37. The molecule has 1 atom stereocenters. The zero-order valence-corrected chi connectivity index (χ0v) is 30.9. The summed E-state index contributed by atoms with van der Waals surface area (Å²) in [4.78, 5) is 24.2. The lowest BCUT2D eigenvalue weighted by Crippen LogP contribution is -2.28. The maximum absolute atomic E-state index is 12.2. The van der Waals surface area contributed by atoms with Gasteiger partial charge in [0.05, 0.1) is 6.61 Å². The molecular formula is C41H78O5. The van der Waals surface area contributed by atoms with Crippen molar-refractivity contribution >= 4 is 11.9 Å². The van der Waals surface area contributed by atoms with Crippen molar-refractivity contribution in [3.05, 3.63) is 12.2 Å². The van der Waals surface area contributed by atoms with Gasteiger partial charge in [0.15, 0.2) is 6.10 Å². The topological polar surface area (TPSA) is 72.8 Å². The molecule has 0 saturated carbocycles. The van der Waals surface area contributed by atoms with Gasteiger partial charge in [-0.05, 0) is 38.5 Å². The van der Waals surface area contributed by atoms with Crippen LogP contribution in [0.2, 0.25) is 0 Å². The largest absolute Gasteiger partial charge is 0.462 e. The molecule has 0 unspecified atom stereocenters. The number of hydrogen-bond acceptors (Lipinski definition) is 5. The fraction of sp³-hybridized carbons (Fsp3) is 0.902. The van der Waals surface area contributed by atoms with Crippen LogP contribution in [-0.4, -0.2) is 36.4 Å². The third-order valence-corrected chi connectivity index (χ3v) is 9.06. The first kappa shape index (κ1) is 44.6. The van der Waals surface area contributed by atoms with Crippen LogP contribution < -0.4 is 0 Å². The Hall–Kier alpha value is -1.36. The van der Waals surface area contributed by atoms with Crippen molar-refractivity contribution in [2.75, 3.05) is 13.2 Å². The molecule has 0 aromatic rings. The molecule has 0 fully saturated rings. The SMILES string of the molecule is CCCCCCCC/C=C\CCCCCCCC(=O)O[C@@H](CO)COC(=O)CCCCCCCCCCCCCCCCCCC. The zero-order chi connectivity index (χ0) is 33.6. The van der Waals surface area contributed by atoms with Crippen molar-refractivity contribution in [1.29, 1.82) is 0 Å². The highest BCUT2D eigenvalue weighted by Gasteiger charge is 2.16. The van der Waals surface area contributed by atoms with Crippen LogP contribution in [0.4, 0.5) is 0 Å². The zero-order valence-electron chi connectivity index (χ0n) is 30.9. The van der Waals surface area contributed by atoms with Crippen molar-refractivity contribution in [3.63, 3.8) is 0 Å². The highest BCUT2D eigenvalue weighted by Crippen LogP contribution is 2.15. The molecular weight excluding hydrogens is 572 g/mol. The van der Waals surface area contributed by atoms with Gasteiger partial charge < -0.3 is 14.6 Å². The average molecular weight is 651 g/mol. The van der Waals surface area contributed by atoms with Crippen LogP contribution in [0, 0.1) is 0 Å². The van der Waals surface area contributed by atoms with Gasteiger partial charge in [0.2, 0.25) is 0 Å². The molecule has 0 heterocycles. The predicted molar refractivity (Wildman–Crippen MR) is 196 cm³/mol. The van der Waals surface area contributed by atoms with Crippen molar-refractivity contribution in [3.8, 4) is 0 Å². The molecule has 0 aromatic heterocycles. The predicted octanol–water partition coefficient (Wildman–Crippen LogP) is 12.5. The van der Waals surface area contributed by atoms with Crippen molar-refractivity contribution in [2.24, 2.45) is 0 Å². The van der Waals surface area contributed by atoms with E-state index in [-0.39, 0.29) is 25.2 Å². The number of aliphatic hydroxyl groups is 1. The minimum Gasteiger partial charge on any atom is -0.462 e. The Morgan fingerprint density at radius 3 is 1.17 bits per heavy atom. The van der Waals surface area contributed by atoms with Gasteiger partial charge in [-0.25, -0.2) is 0 Å². The fourth-order valence-electron chi connectivity index (χ4n) is 5.96. The second kappa shape index (κ2) is 38.1. The van der Waals surface area contributed by atoms with Crippen LogP contribution in [0.15, 0.2) is 12.2 Å². The van der Waals surface area contributed by atoms with E-state index in [4.69, 9.17) is 9.47 Å². The molecule has 0 amide bonds. The minimum absolute atomic E-state index is 0.0631. The summed E-state index contributed by atoms with van der Waals surface area (Å²) in [5.74, 6) is -0.589. The first-order valence-corrected chi connectivity index (χ1v) is 20.2. The van der Waals surface area contributed by atoms with Crippen molar-refractivity contribution < 1.29 is 24.2 Å². The van der Waals surface area contributed by atoms with Gasteiger partial charge in [0, 0.05) is 12.8 Å². The molecule has 272 valence electrons. The molecule has 0 radical (unpaired) electrons. The monoisotopic (exact) mass is 651 g/mol. The number of ether oxygens (including phenoxy) is 2. The lowest BCUT2D eigenvalue weighted by molar-refractivity contribution is -0.161. The fourth-order valence-corrected chi connectivity index (χ4v) is 5.96. The van der Waals surface area contributed by atoms with E-state index in [2.05, 4.69) is 26.0 Å². The Bertz CT molecular complexity index is 661. The summed E-state index contributed by atoms with van der Waals surface area (Å²) >= 11 is 0. The number of esters is 2. The highest BCUT2D eigenvalue weighted by molar-refractivity contribution is 5.70. The molecule has 0 spiro atoms. The number of hydrogen-bond donors (Lipinski definition) is 1. The van der Waals surface area contributed by atoms with Gasteiger partial charge in [-0.15, -0.1) is 0 Å². The Morgan fingerprint density at radius 1 is 0.478 bits per heavy atom. The maximum Gasteiger partial charge on any atom is 0.306 e. The Balaban J connectivity index is 3.51. The third kappa shape index (κ3) is 35.5. The molecule has 0 aliphatic rings. The smallest absolute Gasteiger partial charge is 0.306 e. The molecule has 0 aliphatic carbocycles. The van der Waals surface area contributed by atoms with E-state index in [0.29, 0.717) is 12.8 Å². The first-order chi connectivity index (χ1) is 22.6. The first-order valence-electron chi connectivity index (χ1n) is 20.2. The normalized spacial score (nSPS) is 12.2. The Labute approximate surface area is 286 Å². The Morgan fingerprint density at radius 2 is 0.804 bits per heavy atom. The molecule has 0 rings (SSSR count). The lowest BCUT2D eigenvalue weighted by Gasteiger charge is -2.15. The van der Waals surface area contributed by atoms with Gasteiger partial charge in [0.1, 0.15) is 6.61 Å². The van der Waals surface area contributed by atoms with Crippen LogP contribution >= 0.6 is 0 Å². The van der Waals surface area contributed by atoms with Crippen molar-refractivity contribution in [1.82, 2.24) is 0 Å². The molecule has 0 saturated heterocycles. The Kier molecular flexibility index (Phi) is 37.0. The molecule has 0 bridgehead atoms. The quantitative estimate of drug-likeness (QED) is 0.0411. The highest BCUT2D eigenvalue weighted by atomic mass is 16.6. The second-order valence-corrected chi connectivity index (χ2v) is 13.7. The summed E-state index contributed by atoms with van der Waals surface area (Å²) in [5.41, 5.74) is 0. The summed E-state index contributed by atoms with van der Waals surface area (Å²) in [6.45, 7) is 4.14. The van der Waals surface area contributed by atoms with Crippen LogP contribution in [0.3, 0.4) is 0 Å². The van der Waals surface area contributed by atoms with Crippen LogP contribution in [0.1, 0.15) is 219 Å². The molecule has 1 N–H and O–H groups in total. The van der Waals surface area contributed by atoms with E-state index >= 15 is 0 Å². The number of unbranched alkanes of at least 4 members (excludes halogenated alkanes) is 27. The van der Waals surface area contributed by atoms with E-state index in [9.17, 15) is 14.7 Å². The van der Waals surface area contributed by atoms with E-state index in [1.807, 2.05) is 0 Å². The van der Waals surface area contributed by atoms with E-state index in [0.717, 1.165) is 38.5 Å². The third-order valence-electron chi connectivity index (χ3n) is 9.06. The summed E-state index contributed by atoms with van der Waals surface area (Å²) in [7, 11) is 0. The van der Waals surface area contributed by atoms with Crippen LogP contribution in [0.5, 0.6) is 0 Å².